The minimum Gasteiger partial charge on any atom is -0.398 e. The Hall–Kier alpha value is -1.28. The van der Waals surface area contributed by atoms with Crippen molar-refractivity contribution in [3.05, 3.63) is 23.3 Å². The third-order valence-corrected chi connectivity index (χ3v) is 5.16. The van der Waals surface area contributed by atoms with Crippen LogP contribution >= 0.6 is 0 Å². The molecule has 0 spiro atoms. The molecule has 0 amide bonds. The Morgan fingerprint density at radius 3 is 2.21 bits per heavy atom. The molecule has 0 saturated heterocycles. The van der Waals surface area contributed by atoms with Crippen LogP contribution in [0.25, 0.3) is 0 Å². The van der Waals surface area contributed by atoms with Gasteiger partial charge < -0.3 is 5.73 Å². The molecule has 0 aliphatic carbocycles. The van der Waals surface area contributed by atoms with Gasteiger partial charge in [0, 0.05) is 11.9 Å². The summed E-state index contributed by atoms with van der Waals surface area (Å²) in [5.74, 6) is -0.887. The van der Waals surface area contributed by atoms with Crippen LogP contribution < -0.4 is 10.5 Å². The van der Waals surface area contributed by atoms with Crippen molar-refractivity contribution < 1.29 is 16.8 Å². The summed E-state index contributed by atoms with van der Waals surface area (Å²) < 4.78 is 48.1. The van der Waals surface area contributed by atoms with Gasteiger partial charge in [-0.25, -0.2) is 16.8 Å². The maximum Gasteiger partial charge on any atom is 0.233 e. The summed E-state index contributed by atoms with van der Waals surface area (Å²) in [5.41, 5.74) is 7.97. The maximum absolute atomic E-state index is 11.8. The van der Waals surface area contributed by atoms with Gasteiger partial charge in [0.2, 0.25) is 10.0 Å². The molecule has 6 nitrogen and oxygen atoms in total. The monoisotopic (exact) mass is 306 g/mol. The van der Waals surface area contributed by atoms with Crippen molar-refractivity contribution in [2.75, 3.05) is 28.2 Å². The van der Waals surface area contributed by atoms with Gasteiger partial charge in [-0.15, -0.1) is 0 Å². The Morgan fingerprint density at radius 1 is 1.11 bits per heavy atom. The SMILES string of the molecule is Cc1ccc(N)c(C)c1NS(=O)(=O)CCS(C)(=O)=O. The first-order chi connectivity index (χ1) is 8.52. The highest BCUT2D eigenvalue weighted by Gasteiger charge is 2.17. The molecule has 0 aromatic heterocycles. The van der Waals surface area contributed by atoms with Gasteiger partial charge in [-0.2, -0.15) is 0 Å². The fourth-order valence-electron chi connectivity index (χ4n) is 1.49. The molecule has 3 N–H and O–H groups in total. The minimum absolute atomic E-state index is 0.411. The standard InChI is InChI=1S/C11H18N2O4S2/c1-8-4-5-10(12)9(2)11(8)13-19(16,17)7-6-18(3,14)15/h4-5,13H,6-7,12H2,1-3H3. The van der Waals surface area contributed by atoms with Crippen LogP contribution in [0.1, 0.15) is 11.1 Å². The molecule has 1 aromatic carbocycles. The zero-order valence-electron chi connectivity index (χ0n) is 11.1. The predicted molar refractivity (Wildman–Crippen MR) is 77.4 cm³/mol. The van der Waals surface area contributed by atoms with E-state index in [1.165, 1.54) is 0 Å². The highest BCUT2D eigenvalue weighted by atomic mass is 32.2. The van der Waals surface area contributed by atoms with E-state index in [0.717, 1.165) is 11.8 Å². The van der Waals surface area contributed by atoms with Crippen molar-refractivity contribution >= 4 is 31.2 Å². The van der Waals surface area contributed by atoms with Crippen LogP contribution in [0.15, 0.2) is 12.1 Å². The molecule has 0 aliphatic heterocycles. The lowest BCUT2D eigenvalue weighted by Crippen LogP contribution is -2.23. The van der Waals surface area contributed by atoms with Crippen LogP contribution in [0.4, 0.5) is 11.4 Å². The number of nitrogens with one attached hydrogen (secondary N) is 1. The van der Waals surface area contributed by atoms with E-state index in [-0.39, 0.29) is 0 Å². The Balaban J connectivity index is 3.00. The molecule has 0 saturated carbocycles. The van der Waals surface area contributed by atoms with Crippen LogP contribution in [-0.2, 0) is 19.9 Å². The van der Waals surface area contributed by atoms with E-state index in [1.54, 1.807) is 26.0 Å². The lowest BCUT2D eigenvalue weighted by Gasteiger charge is -2.14. The molecular formula is C11H18N2O4S2. The van der Waals surface area contributed by atoms with Crippen LogP contribution in [0.2, 0.25) is 0 Å². The number of nitrogen functional groups attached to an aromatic ring is 1. The van der Waals surface area contributed by atoms with E-state index in [4.69, 9.17) is 5.73 Å². The third-order valence-electron chi connectivity index (χ3n) is 2.70. The summed E-state index contributed by atoms with van der Waals surface area (Å²) in [5, 5.41) is 0. The Kier molecular flexibility index (Phi) is 4.46. The van der Waals surface area contributed by atoms with E-state index in [0.29, 0.717) is 16.9 Å². The van der Waals surface area contributed by atoms with Gasteiger partial charge in [-0.1, -0.05) is 6.07 Å². The molecule has 19 heavy (non-hydrogen) atoms. The lowest BCUT2D eigenvalue weighted by atomic mass is 10.1. The van der Waals surface area contributed by atoms with Crippen molar-refractivity contribution in [1.29, 1.82) is 0 Å². The fourth-order valence-corrected chi connectivity index (χ4v) is 4.30. The highest BCUT2D eigenvalue weighted by molar-refractivity contribution is 7.95. The van der Waals surface area contributed by atoms with Crippen molar-refractivity contribution in [2.45, 2.75) is 13.8 Å². The van der Waals surface area contributed by atoms with Gasteiger partial charge in [-0.05, 0) is 31.0 Å². The highest BCUT2D eigenvalue weighted by Crippen LogP contribution is 2.26. The zero-order chi connectivity index (χ0) is 14.8. The van der Waals surface area contributed by atoms with Gasteiger partial charge in [0.1, 0.15) is 9.84 Å². The number of anilines is 2. The smallest absolute Gasteiger partial charge is 0.233 e. The minimum atomic E-state index is -3.71. The third kappa shape index (κ3) is 4.71. The molecule has 0 radical (unpaired) electrons. The molecular weight excluding hydrogens is 288 g/mol. The van der Waals surface area contributed by atoms with Gasteiger partial charge in [0.25, 0.3) is 0 Å². The Morgan fingerprint density at radius 2 is 1.68 bits per heavy atom. The van der Waals surface area contributed by atoms with E-state index >= 15 is 0 Å². The summed E-state index contributed by atoms with van der Waals surface area (Å²) in [4.78, 5) is 0. The first kappa shape index (κ1) is 15.8. The molecule has 108 valence electrons. The first-order valence-electron chi connectivity index (χ1n) is 5.56. The second kappa shape index (κ2) is 5.38. The van der Waals surface area contributed by atoms with E-state index in [2.05, 4.69) is 4.72 Å². The lowest BCUT2D eigenvalue weighted by molar-refractivity contribution is 0.593. The predicted octanol–water partition coefficient (Wildman–Crippen LogP) is 0.672. The average molecular weight is 306 g/mol. The number of hydrogen-bond acceptors (Lipinski definition) is 5. The van der Waals surface area contributed by atoms with E-state index in [9.17, 15) is 16.8 Å². The van der Waals surface area contributed by atoms with Crippen molar-refractivity contribution in [3.63, 3.8) is 0 Å². The number of sulfone groups is 1. The Bertz CT molecular complexity index is 679. The van der Waals surface area contributed by atoms with E-state index in [1.807, 2.05) is 0 Å². The quantitative estimate of drug-likeness (QED) is 0.778. The van der Waals surface area contributed by atoms with E-state index < -0.39 is 31.4 Å². The number of benzene rings is 1. The normalized spacial score (nSPS) is 12.4. The molecule has 8 heteroatoms. The van der Waals surface area contributed by atoms with Crippen molar-refractivity contribution in [3.8, 4) is 0 Å². The van der Waals surface area contributed by atoms with Crippen LogP contribution in [0.5, 0.6) is 0 Å². The summed E-state index contributed by atoms with van der Waals surface area (Å²) in [6, 6.07) is 3.40. The summed E-state index contributed by atoms with van der Waals surface area (Å²) >= 11 is 0. The second-order valence-electron chi connectivity index (χ2n) is 4.52. The maximum atomic E-state index is 11.8. The van der Waals surface area contributed by atoms with Gasteiger partial charge >= 0.3 is 0 Å². The van der Waals surface area contributed by atoms with Crippen molar-refractivity contribution in [1.82, 2.24) is 0 Å². The fraction of sp³-hybridized carbons (Fsp3) is 0.455. The number of aryl methyl sites for hydroxylation is 1. The molecule has 0 unspecified atom stereocenters. The first-order valence-corrected chi connectivity index (χ1v) is 9.27. The van der Waals surface area contributed by atoms with Crippen LogP contribution in [0, 0.1) is 13.8 Å². The van der Waals surface area contributed by atoms with Crippen LogP contribution in [0.3, 0.4) is 0 Å². The van der Waals surface area contributed by atoms with Gasteiger partial charge in [0.15, 0.2) is 0 Å². The second-order valence-corrected chi connectivity index (χ2v) is 8.62. The largest absolute Gasteiger partial charge is 0.398 e. The molecule has 0 aliphatic rings. The molecule has 1 aromatic rings. The zero-order valence-corrected chi connectivity index (χ0v) is 12.7. The van der Waals surface area contributed by atoms with Crippen LogP contribution in [-0.4, -0.2) is 34.6 Å². The summed E-state index contributed by atoms with van der Waals surface area (Å²) in [7, 11) is -7.04. The molecule has 0 bridgehead atoms. The number of rotatable bonds is 5. The topological polar surface area (TPSA) is 106 Å². The van der Waals surface area contributed by atoms with Crippen molar-refractivity contribution in [2.24, 2.45) is 0 Å². The number of hydrogen-bond donors (Lipinski definition) is 2. The molecule has 0 heterocycles. The Labute approximate surface area is 114 Å². The number of nitrogens with two attached hydrogens (primary N) is 1. The van der Waals surface area contributed by atoms with Gasteiger partial charge in [-0.3, -0.25) is 4.72 Å². The summed E-state index contributed by atoms with van der Waals surface area (Å²) in [6.07, 6.45) is 1.000. The molecule has 0 fully saturated rings. The number of sulfonamides is 1. The molecule has 1 rings (SSSR count). The summed E-state index contributed by atoms with van der Waals surface area (Å²) in [6.45, 7) is 3.46. The average Bonchev–Trinajstić information content (AvgIpc) is 2.27. The van der Waals surface area contributed by atoms with Gasteiger partial charge in [0.05, 0.1) is 17.2 Å². The molecule has 0 atom stereocenters.